The minimum atomic E-state index is -0.390. The number of nitrogens with two attached hydrogens (primary N) is 1. The largest absolute Gasteiger partial charge is 0.494 e. The average Bonchev–Trinajstić information content (AvgIpc) is 2.78. The van der Waals surface area contributed by atoms with Gasteiger partial charge in [-0.25, -0.2) is 9.37 Å². The number of methoxy groups -OCH3 is 1. The molecule has 2 rings (SSSR count). The van der Waals surface area contributed by atoms with E-state index in [-0.39, 0.29) is 5.75 Å². The van der Waals surface area contributed by atoms with Gasteiger partial charge < -0.3 is 15.0 Å². The Labute approximate surface area is 98.8 Å². The molecule has 0 aliphatic heterocycles. The number of rotatable bonds is 4. The van der Waals surface area contributed by atoms with Crippen LogP contribution in [-0.2, 0) is 6.54 Å². The molecule has 1 heterocycles. The van der Waals surface area contributed by atoms with Gasteiger partial charge in [0.2, 0.25) is 0 Å². The van der Waals surface area contributed by atoms with Crippen molar-refractivity contribution in [1.29, 1.82) is 0 Å². The lowest BCUT2D eigenvalue weighted by atomic mass is 10.1. The lowest BCUT2D eigenvalue weighted by molar-refractivity contribution is 0.386. The molecule has 0 radical (unpaired) electrons. The van der Waals surface area contributed by atoms with E-state index in [1.165, 1.54) is 13.2 Å². The molecule has 0 bridgehead atoms. The molecular weight excluding hydrogens is 221 g/mol. The molecule has 2 N–H and O–H groups in total. The number of ether oxygens (including phenoxy) is 1. The van der Waals surface area contributed by atoms with Gasteiger partial charge in [-0.2, -0.15) is 0 Å². The van der Waals surface area contributed by atoms with Crippen LogP contribution in [0.2, 0.25) is 0 Å². The highest BCUT2D eigenvalue weighted by atomic mass is 19.1. The van der Waals surface area contributed by atoms with Gasteiger partial charge in [-0.3, -0.25) is 0 Å². The van der Waals surface area contributed by atoms with Gasteiger partial charge in [0, 0.05) is 24.8 Å². The zero-order valence-corrected chi connectivity index (χ0v) is 9.56. The van der Waals surface area contributed by atoms with Crippen LogP contribution in [0, 0.1) is 5.82 Å². The lowest BCUT2D eigenvalue weighted by Crippen LogP contribution is -2.07. The summed E-state index contributed by atoms with van der Waals surface area (Å²) in [5.41, 5.74) is 6.89. The molecule has 0 saturated heterocycles. The SMILES string of the molecule is COc1ccc(-c2cn(CCN)cn2)cc1F. The number of nitrogens with zero attached hydrogens (tertiary/aromatic N) is 2. The molecule has 0 fully saturated rings. The normalized spacial score (nSPS) is 10.5. The summed E-state index contributed by atoms with van der Waals surface area (Å²) in [5.74, 6) is -0.159. The third kappa shape index (κ3) is 2.45. The molecule has 0 saturated carbocycles. The van der Waals surface area contributed by atoms with Crippen LogP contribution < -0.4 is 10.5 Å². The maximum Gasteiger partial charge on any atom is 0.165 e. The number of imidazole rings is 1. The van der Waals surface area contributed by atoms with Crippen LogP contribution in [0.5, 0.6) is 5.75 Å². The molecule has 0 aliphatic rings. The Bertz CT molecular complexity index is 510. The van der Waals surface area contributed by atoms with Crippen LogP contribution in [0.15, 0.2) is 30.7 Å². The number of benzene rings is 1. The summed E-state index contributed by atoms with van der Waals surface area (Å²) in [6.07, 6.45) is 3.53. The number of halogens is 1. The first-order valence-corrected chi connectivity index (χ1v) is 5.30. The maximum absolute atomic E-state index is 13.5. The molecular formula is C12H14FN3O. The summed E-state index contributed by atoms with van der Waals surface area (Å²) in [7, 11) is 1.44. The molecule has 2 aromatic rings. The van der Waals surface area contributed by atoms with Crippen molar-refractivity contribution >= 4 is 0 Å². The first-order chi connectivity index (χ1) is 8.24. The molecule has 17 heavy (non-hydrogen) atoms. The van der Waals surface area contributed by atoms with E-state index < -0.39 is 5.82 Å². The standard InChI is InChI=1S/C12H14FN3O/c1-17-12-3-2-9(6-10(12)13)11-7-16(5-4-14)8-15-11/h2-3,6-8H,4-5,14H2,1H3. The van der Waals surface area contributed by atoms with Crippen LogP contribution in [0.1, 0.15) is 0 Å². The molecule has 1 aromatic carbocycles. The van der Waals surface area contributed by atoms with Crippen LogP contribution in [0.4, 0.5) is 4.39 Å². The van der Waals surface area contributed by atoms with E-state index in [9.17, 15) is 4.39 Å². The summed E-state index contributed by atoms with van der Waals surface area (Å²) in [4.78, 5) is 4.20. The second-order valence-electron chi connectivity index (χ2n) is 3.63. The molecule has 0 amide bonds. The Balaban J connectivity index is 2.29. The van der Waals surface area contributed by atoms with E-state index >= 15 is 0 Å². The van der Waals surface area contributed by atoms with Gasteiger partial charge in [-0.05, 0) is 18.2 Å². The molecule has 4 nitrogen and oxygen atoms in total. The molecule has 0 atom stereocenters. The second kappa shape index (κ2) is 4.97. The predicted octanol–water partition coefficient (Wildman–Crippen LogP) is 1.66. The number of hydrogen-bond donors (Lipinski definition) is 1. The third-order valence-corrected chi connectivity index (χ3v) is 2.47. The van der Waals surface area contributed by atoms with E-state index in [4.69, 9.17) is 10.5 Å². The third-order valence-electron chi connectivity index (χ3n) is 2.47. The smallest absolute Gasteiger partial charge is 0.165 e. The van der Waals surface area contributed by atoms with Gasteiger partial charge in [0.05, 0.1) is 19.1 Å². The summed E-state index contributed by atoms with van der Waals surface area (Å²) in [6, 6.07) is 4.78. The Morgan fingerprint density at radius 3 is 2.94 bits per heavy atom. The molecule has 0 spiro atoms. The van der Waals surface area contributed by atoms with E-state index in [1.807, 2.05) is 10.8 Å². The lowest BCUT2D eigenvalue weighted by Gasteiger charge is -2.03. The molecule has 90 valence electrons. The van der Waals surface area contributed by atoms with E-state index in [0.29, 0.717) is 13.1 Å². The van der Waals surface area contributed by atoms with Crippen molar-refractivity contribution in [3.8, 4) is 17.0 Å². The van der Waals surface area contributed by atoms with Gasteiger partial charge in [0.15, 0.2) is 11.6 Å². The van der Waals surface area contributed by atoms with Crippen LogP contribution in [0.3, 0.4) is 0 Å². The predicted molar refractivity (Wildman–Crippen MR) is 63.2 cm³/mol. The van der Waals surface area contributed by atoms with Crippen molar-refractivity contribution in [2.75, 3.05) is 13.7 Å². The van der Waals surface area contributed by atoms with Crippen molar-refractivity contribution in [1.82, 2.24) is 9.55 Å². The molecule has 0 aliphatic carbocycles. The fourth-order valence-corrected chi connectivity index (χ4v) is 1.61. The van der Waals surface area contributed by atoms with Crippen LogP contribution >= 0.6 is 0 Å². The van der Waals surface area contributed by atoms with Crippen molar-refractivity contribution in [2.24, 2.45) is 5.73 Å². The van der Waals surface area contributed by atoms with E-state index in [0.717, 1.165) is 11.3 Å². The second-order valence-corrected chi connectivity index (χ2v) is 3.63. The van der Waals surface area contributed by atoms with Gasteiger partial charge in [-0.1, -0.05) is 0 Å². The van der Waals surface area contributed by atoms with Crippen LogP contribution in [-0.4, -0.2) is 23.2 Å². The Hall–Kier alpha value is -1.88. The zero-order chi connectivity index (χ0) is 12.3. The first-order valence-electron chi connectivity index (χ1n) is 5.30. The van der Waals surface area contributed by atoms with Crippen LogP contribution in [0.25, 0.3) is 11.3 Å². The number of aromatic nitrogens is 2. The summed E-state index contributed by atoms with van der Waals surface area (Å²) in [5, 5.41) is 0. The van der Waals surface area contributed by atoms with Gasteiger partial charge >= 0.3 is 0 Å². The minimum absolute atomic E-state index is 0.232. The minimum Gasteiger partial charge on any atom is -0.494 e. The van der Waals surface area contributed by atoms with Gasteiger partial charge in [0.1, 0.15) is 0 Å². The monoisotopic (exact) mass is 235 g/mol. The summed E-state index contributed by atoms with van der Waals surface area (Å²) < 4.78 is 20.2. The van der Waals surface area contributed by atoms with E-state index in [1.54, 1.807) is 18.5 Å². The Morgan fingerprint density at radius 2 is 2.29 bits per heavy atom. The highest BCUT2D eigenvalue weighted by Gasteiger charge is 2.07. The van der Waals surface area contributed by atoms with Crippen molar-refractivity contribution in [3.05, 3.63) is 36.5 Å². The Morgan fingerprint density at radius 1 is 1.47 bits per heavy atom. The topological polar surface area (TPSA) is 53.1 Å². The molecule has 0 unspecified atom stereocenters. The number of hydrogen-bond acceptors (Lipinski definition) is 3. The van der Waals surface area contributed by atoms with Gasteiger partial charge in [0.25, 0.3) is 0 Å². The molecule has 1 aromatic heterocycles. The van der Waals surface area contributed by atoms with Crippen molar-refractivity contribution in [2.45, 2.75) is 6.54 Å². The van der Waals surface area contributed by atoms with Gasteiger partial charge in [-0.15, -0.1) is 0 Å². The van der Waals surface area contributed by atoms with Crippen molar-refractivity contribution in [3.63, 3.8) is 0 Å². The summed E-state index contributed by atoms with van der Waals surface area (Å²) >= 11 is 0. The highest BCUT2D eigenvalue weighted by molar-refractivity contribution is 5.59. The summed E-state index contributed by atoms with van der Waals surface area (Å²) in [6.45, 7) is 1.25. The Kier molecular flexibility index (Phi) is 3.39. The fraction of sp³-hybridized carbons (Fsp3) is 0.250. The average molecular weight is 235 g/mol. The highest BCUT2D eigenvalue weighted by Crippen LogP contribution is 2.24. The zero-order valence-electron chi connectivity index (χ0n) is 9.56. The molecule has 5 heteroatoms. The van der Waals surface area contributed by atoms with Crippen molar-refractivity contribution < 1.29 is 9.13 Å². The van der Waals surface area contributed by atoms with E-state index in [2.05, 4.69) is 4.98 Å². The first kappa shape index (κ1) is 11.6. The fourth-order valence-electron chi connectivity index (χ4n) is 1.61. The maximum atomic E-state index is 13.5. The quantitative estimate of drug-likeness (QED) is 0.876.